The van der Waals surface area contributed by atoms with Crippen molar-refractivity contribution in [1.82, 2.24) is 18.7 Å². The van der Waals surface area contributed by atoms with Crippen molar-refractivity contribution in [3.05, 3.63) is 56.2 Å². The quantitative estimate of drug-likeness (QED) is 0.610. The third kappa shape index (κ3) is 3.68. The molecule has 0 spiro atoms. The average molecular weight is 432 g/mol. The van der Waals surface area contributed by atoms with Crippen molar-refractivity contribution < 1.29 is 0 Å². The fraction of sp³-hybridized carbons (Fsp3) is 0.391. The van der Waals surface area contributed by atoms with Crippen molar-refractivity contribution in [2.45, 2.75) is 38.9 Å². The molecule has 32 heavy (non-hydrogen) atoms. The molecule has 1 fully saturated rings. The first-order chi connectivity index (χ1) is 15.5. The van der Waals surface area contributed by atoms with Crippen LogP contribution in [0.5, 0.6) is 0 Å². The van der Waals surface area contributed by atoms with Gasteiger partial charge < -0.3 is 10.6 Å². The first-order valence-electron chi connectivity index (χ1n) is 10.5. The van der Waals surface area contributed by atoms with Crippen molar-refractivity contribution in [2.24, 2.45) is 12.8 Å². The molecule has 3 heterocycles. The summed E-state index contributed by atoms with van der Waals surface area (Å²) in [6.07, 6.45) is 1.87. The lowest BCUT2D eigenvalue weighted by Gasteiger charge is -2.31. The Labute approximate surface area is 185 Å². The maximum atomic E-state index is 13.6. The number of nitrogens with zero attached hydrogens (tertiary/aromatic N) is 6. The lowest BCUT2D eigenvalue weighted by Crippen LogP contribution is -2.44. The molecule has 1 aliphatic heterocycles. The van der Waals surface area contributed by atoms with Gasteiger partial charge in [-0.2, -0.15) is 10.2 Å². The second-order valence-electron chi connectivity index (χ2n) is 7.95. The van der Waals surface area contributed by atoms with Gasteiger partial charge in [-0.3, -0.25) is 18.5 Å². The Morgan fingerprint density at radius 3 is 2.75 bits per heavy atom. The van der Waals surface area contributed by atoms with Gasteiger partial charge in [0, 0.05) is 26.2 Å². The predicted octanol–water partition coefficient (Wildman–Crippen LogP) is 0.767. The normalized spacial score (nSPS) is 15.9. The summed E-state index contributed by atoms with van der Waals surface area (Å²) in [5, 5.41) is 9.41. The van der Waals surface area contributed by atoms with Crippen LogP contribution in [0.3, 0.4) is 0 Å². The summed E-state index contributed by atoms with van der Waals surface area (Å²) in [7, 11) is 1.60. The van der Waals surface area contributed by atoms with Crippen LogP contribution < -0.4 is 21.9 Å². The van der Waals surface area contributed by atoms with E-state index in [0.717, 1.165) is 24.0 Å². The molecule has 1 aromatic carbocycles. The highest BCUT2D eigenvalue weighted by Crippen LogP contribution is 2.23. The minimum atomic E-state index is -0.483. The Balaban J connectivity index is 1.94. The number of rotatable bonds is 4. The molecule has 3 aromatic rings. The lowest BCUT2D eigenvalue weighted by atomic mass is 10.1. The van der Waals surface area contributed by atoms with Gasteiger partial charge >= 0.3 is 5.69 Å². The number of nitriles is 1. The lowest BCUT2D eigenvalue weighted by molar-refractivity contribution is 0.496. The standard InChI is InChI=1S/C23H25N7O2/c1-3-4-12-29-19-20(26-22(29)28-11-7-10-18(25)15-28)27(2)23(32)30(21(19)31)14-17-9-6-5-8-16(17)13-24/h5-6,8-9,18H,7,10-12,14-15,25H2,1-2H3/t18-/m1/s1. The average Bonchev–Trinajstić information content (AvgIpc) is 3.19. The van der Waals surface area contributed by atoms with Crippen molar-refractivity contribution in [1.29, 1.82) is 5.26 Å². The van der Waals surface area contributed by atoms with E-state index in [1.165, 1.54) is 4.57 Å². The molecule has 1 aliphatic rings. The number of aryl methyl sites for hydroxylation is 1. The number of hydrogen-bond acceptors (Lipinski definition) is 6. The summed E-state index contributed by atoms with van der Waals surface area (Å²) < 4.78 is 4.31. The van der Waals surface area contributed by atoms with Gasteiger partial charge in [-0.15, -0.1) is 5.92 Å². The van der Waals surface area contributed by atoms with E-state index in [0.29, 0.717) is 34.8 Å². The van der Waals surface area contributed by atoms with Gasteiger partial charge in [-0.25, -0.2) is 4.79 Å². The first kappa shape index (κ1) is 21.4. The molecule has 164 valence electrons. The Kier molecular flexibility index (Phi) is 5.85. The number of fused-ring (bicyclic) bond motifs is 1. The van der Waals surface area contributed by atoms with E-state index in [9.17, 15) is 14.9 Å². The van der Waals surface area contributed by atoms with Gasteiger partial charge in [-0.05, 0) is 31.4 Å². The third-order valence-corrected chi connectivity index (χ3v) is 5.83. The summed E-state index contributed by atoms with van der Waals surface area (Å²) >= 11 is 0. The van der Waals surface area contributed by atoms with Gasteiger partial charge in [-0.1, -0.05) is 24.1 Å². The molecular formula is C23H25N7O2. The fourth-order valence-electron chi connectivity index (χ4n) is 4.18. The number of nitrogens with two attached hydrogens (primary N) is 1. The van der Waals surface area contributed by atoms with E-state index in [2.05, 4.69) is 27.8 Å². The number of anilines is 1. The molecule has 9 nitrogen and oxygen atoms in total. The first-order valence-corrected chi connectivity index (χ1v) is 10.5. The van der Waals surface area contributed by atoms with E-state index in [1.807, 2.05) is 0 Å². The highest BCUT2D eigenvalue weighted by Gasteiger charge is 2.26. The second-order valence-corrected chi connectivity index (χ2v) is 7.95. The number of piperidine rings is 1. The number of benzene rings is 1. The van der Waals surface area contributed by atoms with E-state index < -0.39 is 11.2 Å². The number of aromatic nitrogens is 4. The van der Waals surface area contributed by atoms with Gasteiger partial charge in [0.15, 0.2) is 11.2 Å². The molecule has 0 amide bonds. The SMILES string of the molecule is CC#CCn1c(N2CCC[C@@H](N)C2)nc2c1c(=O)n(Cc1ccccc1C#N)c(=O)n2C. The van der Waals surface area contributed by atoms with Gasteiger partial charge in [0.05, 0.1) is 24.7 Å². The number of imidazole rings is 1. The van der Waals surface area contributed by atoms with Crippen LogP contribution >= 0.6 is 0 Å². The molecule has 0 radical (unpaired) electrons. The van der Waals surface area contributed by atoms with Crippen molar-refractivity contribution in [3.63, 3.8) is 0 Å². The van der Waals surface area contributed by atoms with Crippen molar-refractivity contribution >= 4 is 17.1 Å². The molecule has 0 unspecified atom stereocenters. The molecule has 1 atom stereocenters. The Morgan fingerprint density at radius 2 is 2.03 bits per heavy atom. The van der Waals surface area contributed by atoms with E-state index >= 15 is 0 Å². The summed E-state index contributed by atoms with van der Waals surface area (Å²) in [4.78, 5) is 33.4. The molecule has 1 saturated heterocycles. The van der Waals surface area contributed by atoms with Crippen molar-refractivity contribution in [3.8, 4) is 17.9 Å². The monoisotopic (exact) mass is 431 g/mol. The smallest absolute Gasteiger partial charge is 0.332 e. The van der Waals surface area contributed by atoms with Crippen LogP contribution in [0, 0.1) is 23.2 Å². The van der Waals surface area contributed by atoms with Gasteiger partial charge in [0.2, 0.25) is 5.95 Å². The van der Waals surface area contributed by atoms with Crippen LogP contribution in [0.15, 0.2) is 33.9 Å². The Morgan fingerprint density at radius 1 is 1.25 bits per heavy atom. The zero-order chi connectivity index (χ0) is 22.8. The summed E-state index contributed by atoms with van der Waals surface area (Å²) in [6.45, 7) is 3.41. The van der Waals surface area contributed by atoms with Crippen molar-refractivity contribution in [2.75, 3.05) is 18.0 Å². The third-order valence-electron chi connectivity index (χ3n) is 5.83. The topological polar surface area (TPSA) is 115 Å². The molecule has 2 aromatic heterocycles. The van der Waals surface area contributed by atoms with Crippen LogP contribution in [0.25, 0.3) is 11.2 Å². The van der Waals surface area contributed by atoms with Crippen LogP contribution in [0.4, 0.5) is 5.95 Å². The maximum Gasteiger partial charge on any atom is 0.332 e. The minimum Gasteiger partial charge on any atom is -0.341 e. The fourth-order valence-corrected chi connectivity index (χ4v) is 4.18. The molecule has 0 aliphatic carbocycles. The van der Waals surface area contributed by atoms with Crippen LogP contribution in [0.2, 0.25) is 0 Å². The van der Waals surface area contributed by atoms with E-state index in [4.69, 9.17) is 5.73 Å². The summed E-state index contributed by atoms with van der Waals surface area (Å²) in [6, 6.07) is 9.09. The van der Waals surface area contributed by atoms with Crippen LogP contribution in [-0.2, 0) is 20.1 Å². The van der Waals surface area contributed by atoms with E-state index in [-0.39, 0.29) is 19.1 Å². The highest BCUT2D eigenvalue weighted by atomic mass is 16.2. The zero-order valence-electron chi connectivity index (χ0n) is 18.2. The number of hydrogen-bond donors (Lipinski definition) is 1. The van der Waals surface area contributed by atoms with Crippen LogP contribution in [-0.4, -0.2) is 37.8 Å². The molecule has 2 N–H and O–H groups in total. The van der Waals surface area contributed by atoms with Gasteiger partial charge in [0.25, 0.3) is 5.56 Å². The minimum absolute atomic E-state index is 0.000260. The van der Waals surface area contributed by atoms with Gasteiger partial charge in [0.1, 0.15) is 0 Å². The van der Waals surface area contributed by atoms with E-state index in [1.54, 1.807) is 42.8 Å². The predicted molar refractivity (Wildman–Crippen MR) is 122 cm³/mol. The largest absolute Gasteiger partial charge is 0.341 e. The molecule has 0 bridgehead atoms. The summed E-state index contributed by atoms with van der Waals surface area (Å²) in [5.41, 5.74) is 6.91. The molecule has 0 saturated carbocycles. The maximum absolute atomic E-state index is 13.6. The molecule has 9 heteroatoms. The highest BCUT2D eigenvalue weighted by molar-refractivity contribution is 5.75. The molecular weight excluding hydrogens is 406 g/mol. The Bertz CT molecular complexity index is 1390. The van der Waals surface area contributed by atoms with Crippen LogP contribution in [0.1, 0.15) is 30.9 Å². The second kappa shape index (κ2) is 8.74. The molecule has 4 rings (SSSR count). The zero-order valence-corrected chi connectivity index (χ0v) is 18.2. The Hall–Kier alpha value is -3.82. The summed E-state index contributed by atoms with van der Waals surface area (Å²) in [5.74, 6) is 6.49.